The van der Waals surface area contributed by atoms with Gasteiger partial charge in [0.2, 0.25) is 0 Å². The van der Waals surface area contributed by atoms with Crippen LogP contribution in [0, 0.1) is 5.92 Å². The van der Waals surface area contributed by atoms with Crippen molar-refractivity contribution in [3.8, 4) is 0 Å². The van der Waals surface area contributed by atoms with Crippen LogP contribution in [0.25, 0.3) is 0 Å². The summed E-state index contributed by atoms with van der Waals surface area (Å²) in [4.78, 5) is 13.2. The van der Waals surface area contributed by atoms with Gasteiger partial charge in [0, 0.05) is 13.1 Å². The molecule has 1 N–H and O–H groups in total. The monoisotopic (exact) mass is 279 g/mol. The second-order valence-electron chi connectivity index (χ2n) is 5.83. The first-order valence-electron chi connectivity index (χ1n) is 5.89. The van der Waals surface area contributed by atoms with E-state index in [9.17, 15) is 13.2 Å². The fourth-order valence-electron chi connectivity index (χ4n) is 1.93. The van der Waals surface area contributed by atoms with Crippen molar-refractivity contribution in [3.05, 3.63) is 0 Å². The lowest BCUT2D eigenvalue weighted by Crippen LogP contribution is -2.48. The molecular formula is C11H21NO5S. The highest BCUT2D eigenvalue weighted by molar-refractivity contribution is 7.85. The molecule has 0 spiro atoms. The van der Waals surface area contributed by atoms with Crippen molar-refractivity contribution in [1.29, 1.82) is 0 Å². The Kier molecular flexibility index (Phi) is 4.27. The zero-order valence-electron chi connectivity index (χ0n) is 11.2. The van der Waals surface area contributed by atoms with Crippen LogP contribution in [0.3, 0.4) is 0 Å². The third kappa shape index (κ3) is 4.81. The Hall–Kier alpha value is -0.820. The highest BCUT2D eigenvalue weighted by atomic mass is 32.2. The molecule has 0 unspecified atom stereocenters. The fourth-order valence-corrected chi connectivity index (χ4v) is 2.80. The number of carbonyl (C=O) groups is 1. The minimum absolute atomic E-state index is 0.00778. The van der Waals surface area contributed by atoms with Crippen LogP contribution in [-0.4, -0.2) is 48.4 Å². The molecule has 6 nitrogen and oxygen atoms in total. The summed E-state index contributed by atoms with van der Waals surface area (Å²) >= 11 is 0. The Morgan fingerprint density at radius 3 is 2.28 bits per heavy atom. The zero-order valence-corrected chi connectivity index (χ0v) is 12.0. The Bertz CT molecular complexity index is 406. The van der Waals surface area contributed by atoms with E-state index in [1.54, 1.807) is 27.8 Å². The summed E-state index contributed by atoms with van der Waals surface area (Å²) in [5.41, 5.74) is -0.539. The average molecular weight is 279 g/mol. The number of carbonyl (C=O) groups excluding carboxylic acids is 1. The number of amides is 1. The Balaban J connectivity index is 2.39. The van der Waals surface area contributed by atoms with Crippen molar-refractivity contribution in [2.45, 2.75) is 45.3 Å². The molecule has 0 aromatic carbocycles. The molecule has 1 saturated carbocycles. The van der Waals surface area contributed by atoms with Crippen LogP contribution in [0.5, 0.6) is 0 Å². The van der Waals surface area contributed by atoms with Gasteiger partial charge in [0.1, 0.15) is 5.60 Å². The second kappa shape index (κ2) is 5.05. The van der Waals surface area contributed by atoms with Gasteiger partial charge in [-0.2, -0.15) is 8.42 Å². The van der Waals surface area contributed by atoms with Crippen molar-refractivity contribution in [2.24, 2.45) is 5.92 Å². The first-order valence-corrected chi connectivity index (χ1v) is 7.50. The maximum absolute atomic E-state index is 11.7. The van der Waals surface area contributed by atoms with Crippen molar-refractivity contribution >= 4 is 16.2 Å². The van der Waals surface area contributed by atoms with E-state index in [1.807, 2.05) is 0 Å². The van der Waals surface area contributed by atoms with Gasteiger partial charge in [0.05, 0.1) is 5.75 Å². The van der Waals surface area contributed by atoms with Crippen LogP contribution >= 0.6 is 0 Å². The first kappa shape index (κ1) is 15.2. The lowest BCUT2D eigenvalue weighted by atomic mass is 9.81. The molecular weight excluding hydrogens is 258 g/mol. The molecule has 106 valence electrons. The highest BCUT2D eigenvalue weighted by Crippen LogP contribution is 2.32. The lowest BCUT2D eigenvalue weighted by molar-refractivity contribution is 0.00833. The summed E-state index contributed by atoms with van der Waals surface area (Å²) in [6.07, 6.45) is 0.753. The van der Waals surface area contributed by atoms with E-state index in [1.165, 1.54) is 4.90 Å². The summed E-state index contributed by atoms with van der Waals surface area (Å²) in [7, 11) is -2.28. The predicted molar refractivity (Wildman–Crippen MR) is 66.9 cm³/mol. The lowest BCUT2D eigenvalue weighted by Gasteiger charge is -2.40. The van der Waals surface area contributed by atoms with Crippen LogP contribution in [0.2, 0.25) is 0 Å². The summed E-state index contributed by atoms with van der Waals surface area (Å²) in [5.74, 6) is -0.305. The molecule has 0 atom stereocenters. The molecule has 1 aliphatic carbocycles. The molecule has 0 radical (unpaired) electrons. The summed E-state index contributed by atoms with van der Waals surface area (Å²) in [5, 5.41) is 0. The normalized spacial score (nSPS) is 24.3. The molecule has 18 heavy (non-hydrogen) atoms. The minimum Gasteiger partial charge on any atom is -0.444 e. The molecule has 1 amide bonds. The molecule has 0 saturated heterocycles. The number of nitrogens with zero attached hydrogens (tertiary/aromatic N) is 1. The largest absolute Gasteiger partial charge is 0.444 e. The SMILES string of the molecule is CN(C(=O)OC(C)(C)C)[C@H]1C[C@@H](CS(=O)(=O)O)C1. The van der Waals surface area contributed by atoms with E-state index in [0.717, 1.165) is 0 Å². The van der Waals surface area contributed by atoms with Gasteiger partial charge in [-0.15, -0.1) is 0 Å². The van der Waals surface area contributed by atoms with E-state index in [0.29, 0.717) is 12.8 Å². The predicted octanol–water partition coefficient (Wildman–Crippen LogP) is 1.52. The van der Waals surface area contributed by atoms with Crippen LogP contribution in [-0.2, 0) is 14.9 Å². The Morgan fingerprint density at radius 2 is 1.89 bits per heavy atom. The molecule has 1 rings (SSSR count). The second-order valence-corrected chi connectivity index (χ2v) is 7.33. The van der Waals surface area contributed by atoms with Gasteiger partial charge in [-0.05, 0) is 39.5 Å². The molecule has 0 aromatic heterocycles. The topological polar surface area (TPSA) is 83.9 Å². The Morgan fingerprint density at radius 1 is 1.39 bits per heavy atom. The fraction of sp³-hybridized carbons (Fsp3) is 0.909. The molecule has 0 heterocycles. The zero-order chi connectivity index (χ0) is 14.1. The first-order chi connectivity index (χ1) is 7.98. The number of rotatable bonds is 3. The van der Waals surface area contributed by atoms with Crippen LogP contribution in [0.1, 0.15) is 33.6 Å². The van der Waals surface area contributed by atoms with Crippen molar-refractivity contribution in [2.75, 3.05) is 12.8 Å². The number of ether oxygens (including phenoxy) is 1. The van der Waals surface area contributed by atoms with Crippen molar-refractivity contribution in [3.63, 3.8) is 0 Å². The van der Waals surface area contributed by atoms with Gasteiger partial charge in [-0.1, -0.05) is 0 Å². The van der Waals surface area contributed by atoms with Crippen LogP contribution in [0.4, 0.5) is 4.79 Å². The number of hydrogen-bond acceptors (Lipinski definition) is 4. The standard InChI is InChI=1S/C11H21NO5S/c1-11(2,3)17-10(13)12(4)9-5-8(6-9)7-18(14,15)16/h8-9H,5-7H2,1-4H3,(H,14,15,16)/t8-,9+. The van der Waals surface area contributed by atoms with E-state index in [-0.39, 0.29) is 17.7 Å². The summed E-state index contributed by atoms with van der Waals surface area (Å²) in [6, 6.07) is -0.00778. The average Bonchev–Trinajstić information content (AvgIpc) is 2.04. The molecule has 0 bridgehead atoms. The number of hydrogen-bond donors (Lipinski definition) is 1. The molecule has 1 aliphatic rings. The molecule has 0 aliphatic heterocycles. The maximum Gasteiger partial charge on any atom is 0.410 e. The quantitative estimate of drug-likeness (QED) is 0.792. The van der Waals surface area contributed by atoms with Gasteiger partial charge in [-0.3, -0.25) is 4.55 Å². The summed E-state index contributed by atoms with van der Waals surface area (Å²) in [6.45, 7) is 5.38. The van der Waals surface area contributed by atoms with Crippen LogP contribution in [0.15, 0.2) is 0 Å². The highest BCUT2D eigenvalue weighted by Gasteiger charge is 2.37. The minimum atomic E-state index is -3.92. The third-order valence-electron chi connectivity index (χ3n) is 2.89. The van der Waals surface area contributed by atoms with E-state index in [2.05, 4.69) is 0 Å². The van der Waals surface area contributed by atoms with Gasteiger partial charge >= 0.3 is 6.09 Å². The Labute approximate surface area is 108 Å². The van der Waals surface area contributed by atoms with Gasteiger partial charge in [-0.25, -0.2) is 4.79 Å². The maximum atomic E-state index is 11.7. The molecule has 7 heteroatoms. The van der Waals surface area contributed by atoms with E-state index in [4.69, 9.17) is 9.29 Å². The van der Waals surface area contributed by atoms with Gasteiger partial charge in [0.15, 0.2) is 0 Å². The smallest absolute Gasteiger partial charge is 0.410 e. The van der Waals surface area contributed by atoms with Gasteiger partial charge in [0.25, 0.3) is 10.1 Å². The van der Waals surface area contributed by atoms with E-state index >= 15 is 0 Å². The third-order valence-corrected chi connectivity index (χ3v) is 3.78. The van der Waals surface area contributed by atoms with Crippen molar-refractivity contribution < 1.29 is 22.5 Å². The molecule has 0 aromatic rings. The summed E-state index contributed by atoms with van der Waals surface area (Å²) < 4.78 is 35.3. The van der Waals surface area contributed by atoms with E-state index < -0.39 is 21.8 Å². The molecule has 1 fully saturated rings. The van der Waals surface area contributed by atoms with Crippen LogP contribution < -0.4 is 0 Å². The van der Waals surface area contributed by atoms with Crippen molar-refractivity contribution in [1.82, 2.24) is 4.90 Å². The van der Waals surface area contributed by atoms with Gasteiger partial charge < -0.3 is 9.64 Å².